The Morgan fingerprint density at radius 2 is 1.62 bits per heavy atom. The molecular formula is C19H40N2O3. The molecular weight excluding hydrogens is 304 g/mol. The highest BCUT2D eigenvalue weighted by molar-refractivity contribution is 5.92. The molecule has 0 aliphatic carbocycles. The molecule has 0 saturated heterocycles. The maximum atomic E-state index is 12.2. The lowest BCUT2D eigenvalue weighted by molar-refractivity contribution is -0.131. The summed E-state index contributed by atoms with van der Waals surface area (Å²) in [7, 11) is 0. The Hall–Kier alpha value is -1.23. The molecule has 0 radical (unpaired) electrons. The Morgan fingerprint density at radius 1 is 1.04 bits per heavy atom. The van der Waals surface area contributed by atoms with Gasteiger partial charge < -0.3 is 11.1 Å². The van der Waals surface area contributed by atoms with Gasteiger partial charge in [-0.3, -0.25) is 14.4 Å². The summed E-state index contributed by atoms with van der Waals surface area (Å²) in [6, 6.07) is -0.746. The molecule has 5 nitrogen and oxygen atoms in total. The first-order valence-corrected chi connectivity index (χ1v) is 9.01. The first-order chi connectivity index (χ1) is 10.9. The van der Waals surface area contributed by atoms with Crippen LogP contribution in [0.4, 0.5) is 0 Å². The largest absolute Gasteiger partial charge is 0.356 e. The van der Waals surface area contributed by atoms with E-state index in [4.69, 9.17) is 5.73 Å². The number of carbonyl (C=O) groups excluding carboxylic acids is 3. The van der Waals surface area contributed by atoms with Crippen molar-refractivity contribution in [3.05, 3.63) is 0 Å². The van der Waals surface area contributed by atoms with Gasteiger partial charge in [-0.05, 0) is 19.3 Å². The van der Waals surface area contributed by atoms with Crippen LogP contribution in [0.3, 0.4) is 0 Å². The first-order valence-electron chi connectivity index (χ1n) is 9.01. The van der Waals surface area contributed by atoms with Crippen LogP contribution in [0.1, 0.15) is 82.9 Å². The molecule has 0 heterocycles. The molecule has 0 rings (SSSR count). The van der Waals surface area contributed by atoms with Gasteiger partial charge in [0.2, 0.25) is 5.91 Å². The van der Waals surface area contributed by atoms with E-state index in [9.17, 15) is 14.4 Å². The number of Topliss-reactive ketones (excluding diaryl/α,β-unsaturated/α-hetero) is 2. The smallest absolute Gasteiger partial charge is 0.222 e. The second kappa shape index (κ2) is 9.92. The first kappa shape index (κ1) is 22.8. The minimum atomic E-state index is -0.746. The molecule has 0 aromatic carbocycles. The predicted octanol–water partition coefficient (Wildman–Crippen LogP) is 3.49. The molecule has 24 heavy (non-hydrogen) atoms. The van der Waals surface area contributed by atoms with Crippen LogP contribution in [0.25, 0.3) is 0 Å². The van der Waals surface area contributed by atoms with E-state index in [1.54, 1.807) is 0 Å². The lowest BCUT2D eigenvalue weighted by Gasteiger charge is -2.24. The number of unbranched alkanes of at least 4 members (excludes halogenated alkanes) is 2. The third-order valence-electron chi connectivity index (χ3n) is 4.53. The summed E-state index contributed by atoms with van der Waals surface area (Å²) in [5, 5.41) is 2.80. The highest BCUT2D eigenvalue weighted by atomic mass is 16.2. The number of rotatable bonds is 11. The predicted molar refractivity (Wildman–Crippen MR) is 102 cm³/mol. The van der Waals surface area contributed by atoms with Gasteiger partial charge in [-0.15, -0.1) is 0 Å². The van der Waals surface area contributed by atoms with E-state index in [1.165, 1.54) is 0 Å². The molecule has 0 aromatic rings. The second-order valence-corrected chi connectivity index (χ2v) is 8.25. The lowest BCUT2D eigenvalue weighted by Crippen LogP contribution is -2.43. The van der Waals surface area contributed by atoms with Gasteiger partial charge in [0.05, 0.1) is 6.04 Å². The third-order valence-corrected chi connectivity index (χ3v) is 4.53. The molecule has 0 fully saturated rings. The van der Waals surface area contributed by atoms with Crippen molar-refractivity contribution in [1.82, 2.24) is 5.32 Å². The van der Waals surface area contributed by atoms with Crippen LogP contribution in [0, 0.1) is 10.8 Å². The van der Waals surface area contributed by atoms with Crippen molar-refractivity contribution in [1.29, 1.82) is 0 Å². The van der Waals surface area contributed by atoms with E-state index in [2.05, 4.69) is 5.32 Å². The summed E-state index contributed by atoms with van der Waals surface area (Å²) in [6.07, 6.45) is 3.89. The molecule has 3 N–H and O–H groups in total. The maximum Gasteiger partial charge on any atom is 0.222 e. The quantitative estimate of drug-likeness (QED) is 0.561. The van der Waals surface area contributed by atoms with Crippen LogP contribution in [0.5, 0.6) is 0 Å². The van der Waals surface area contributed by atoms with Gasteiger partial charge in [0.15, 0.2) is 5.78 Å². The van der Waals surface area contributed by atoms with Crippen molar-refractivity contribution in [3.8, 4) is 0 Å². The average molecular weight is 345 g/mol. The molecule has 1 atom stereocenters. The van der Waals surface area contributed by atoms with Gasteiger partial charge in [-0.25, -0.2) is 0 Å². The zero-order valence-corrected chi connectivity index (χ0v) is 16.3. The topological polar surface area (TPSA) is 89.3 Å². The molecule has 1 unspecified atom stereocenters. The van der Waals surface area contributed by atoms with E-state index in [-0.39, 0.29) is 32.2 Å². The fraction of sp³-hybridized carbons (Fsp3) is 0.842. The van der Waals surface area contributed by atoms with E-state index in [1.807, 2.05) is 41.5 Å². The Balaban J connectivity index is -0.00000264. The van der Waals surface area contributed by atoms with Gasteiger partial charge in [-0.2, -0.15) is 0 Å². The van der Waals surface area contributed by atoms with Crippen molar-refractivity contribution < 1.29 is 17.2 Å². The summed E-state index contributed by atoms with van der Waals surface area (Å²) >= 11 is 0. The Bertz CT molecular complexity index is 447. The molecule has 0 aromatic heterocycles. The highest BCUT2D eigenvalue weighted by Gasteiger charge is 2.31. The van der Waals surface area contributed by atoms with Crippen LogP contribution in [0.2, 0.25) is 0 Å². The normalized spacial score (nSPS) is 13.5. The van der Waals surface area contributed by atoms with Crippen molar-refractivity contribution in [2.24, 2.45) is 16.6 Å². The van der Waals surface area contributed by atoms with Gasteiger partial charge in [0.1, 0.15) is 5.78 Å². The van der Waals surface area contributed by atoms with Crippen LogP contribution in [-0.2, 0) is 14.4 Å². The number of nitrogens with two attached hydrogens (primary N) is 1. The van der Waals surface area contributed by atoms with Gasteiger partial charge in [0, 0.05) is 33.1 Å². The van der Waals surface area contributed by atoms with Gasteiger partial charge in [-0.1, -0.05) is 48.0 Å². The van der Waals surface area contributed by atoms with Crippen molar-refractivity contribution >= 4 is 17.5 Å². The molecule has 1 amide bonds. The van der Waals surface area contributed by atoms with Crippen molar-refractivity contribution in [2.45, 2.75) is 86.1 Å². The minimum absolute atomic E-state index is 0. The summed E-state index contributed by atoms with van der Waals surface area (Å²) < 4.78 is 0. The second-order valence-electron chi connectivity index (χ2n) is 8.25. The fourth-order valence-corrected chi connectivity index (χ4v) is 2.23. The van der Waals surface area contributed by atoms with Gasteiger partial charge >= 0.3 is 0 Å². The monoisotopic (exact) mass is 344 g/mol. The molecule has 0 bridgehead atoms. The molecule has 144 valence electrons. The van der Waals surface area contributed by atoms with Crippen LogP contribution in [-0.4, -0.2) is 30.1 Å². The summed E-state index contributed by atoms with van der Waals surface area (Å²) in [5.41, 5.74) is 5.10. The summed E-state index contributed by atoms with van der Waals surface area (Å²) in [4.78, 5) is 35.8. The number of carbonyl (C=O) groups is 3. The number of hydrogen-bond acceptors (Lipinski definition) is 4. The molecule has 0 spiro atoms. The third kappa shape index (κ3) is 8.57. The Morgan fingerprint density at radius 3 is 2.12 bits per heavy atom. The lowest BCUT2D eigenvalue weighted by atomic mass is 9.81. The van der Waals surface area contributed by atoms with E-state index >= 15 is 0 Å². The Kier molecular flexibility index (Phi) is 9.41. The maximum absolute atomic E-state index is 12.2. The summed E-state index contributed by atoms with van der Waals surface area (Å²) in [6.45, 7) is 12.0. The highest BCUT2D eigenvalue weighted by Crippen LogP contribution is 2.23. The standard InChI is InChI=1S/C19H36N2O3.2H2/c1-7-19(5,6)17(24)14(20)13-16(23)21-12-10-8-9-11-15(22)18(2,3)4;;/h14H,7-13,20H2,1-6H3,(H,21,23);2*1H. The van der Waals surface area contributed by atoms with E-state index in [0.717, 1.165) is 19.3 Å². The number of amides is 1. The zero-order valence-electron chi connectivity index (χ0n) is 16.3. The molecule has 5 heteroatoms. The molecule has 0 aliphatic heterocycles. The zero-order chi connectivity index (χ0) is 19.0. The number of nitrogens with one attached hydrogen (secondary N) is 1. The van der Waals surface area contributed by atoms with Crippen LogP contribution < -0.4 is 11.1 Å². The summed E-state index contributed by atoms with van der Waals surface area (Å²) in [5.74, 6) is 0.0175. The SMILES string of the molecule is CCC(C)(C)C(=O)C(N)CC(=O)NCCCCCC(=O)C(C)(C)C.[HH].[HH]. The van der Waals surface area contributed by atoms with Crippen LogP contribution in [0.15, 0.2) is 0 Å². The van der Waals surface area contributed by atoms with E-state index in [0.29, 0.717) is 19.4 Å². The van der Waals surface area contributed by atoms with Crippen molar-refractivity contribution in [2.75, 3.05) is 6.54 Å². The molecule has 0 aliphatic rings. The Labute approximate surface area is 150 Å². The fourth-order valence-electron chi connectivity index (χ4n) is 2.23. The minimum Gasteiger partial charge on any atom is -0.356 e. The van der Waals surface area contributed by atoms with Crippen molar-refractivity contribution in [3.63, 3.8) is 0 Å². The van der Waals surface area contributed by atoms with E-state index < -0.39 is 11.5 Å². The number of ketones is 2. The van der Waals surface area contributed by atoms with Crippen LogP contribution >= 0.6 is 0 Å². The van der Waals surface area contributed by atoms with Gasteiger partial charge in [0.25, 0.3) is 0 Å². The number of hydrogen-bond donors (Lipinski definition) is 2. The average Bonchev–Trinajstić information content (AvgIpc) is 2.48. The molecule has 0 saturated carbocycles.